The Morgan fingerprint density at radius 3 is 2.88 bits per heavy atom. The molecule has 0 bridgehead atoms. The minimum absolute atomic E-state index is 0.0442. The van der Waals surface area contributed by atoms with E-state index in [0.717, 1.165) is 29.4 Å². The lowest BCUT2D eigenvalue weighted by molar-refractivity contribution is 0.426. The zero-order chi connectivity index (χ0) is 11.7. The van der Waals surface area contributed by atoms with Gasteiger partial charge in [-0.05, 0) is 24.3 Å². The minimum atomic E-state index is 0.0442. The van der Waals surface area contributed by atoms with Gasteiger partial charge in [0, 0.05) is 12.0 Å². The molecule has 2 heterocycles. The van der Waals surface area contributed by atoms with Gasteiger partial charge in [-0.15, -0.1) is 11.3 Å². The maximum atomic E-state index is 5.94. The first-order valence-electron chi connectivity index (χ1n) is 6.01. The summed E-state index contributed by atoms with van der Waals surface area (Å²) in [5.41, 5.74) is 5.99. The highest BCUT2D eigenvalue weighted by Gasteiger charge is 2.37. The molecule has 90 valence electrons. The van der Waals surface area contributed by atoms with Crippen LogP contribution in [0.2, 0.25) is 0 Å². The predicted molar refractivity (Wildman–Crippen MR) is 68.9 cm³/mol. The van der Waals surface area contributed by atoms with Crippen molar-refractivity contribution in [2.75, 3.05) is 6.54 Å². The summed E-state index contributed by atoms with van der Waals surface area (Å²) in [6.07, 6.45) is 4.74. The lowest BCUT2D eigenvalue weighted by Crippen LogP contribution is -2.33. The molecule has 1 saturated carbocycles. The molecule has 0 unspecified atom stereocenters. The molecule has 2 aromatic rings. The van der Waals surface area contributed by atoms with Gasteiger partial charge in [-0.3, -0.25) is 5.10 Å². The number of aromatic amines is 1. The highest BCUT2D eigenvalue weighted by Crippen LogP contribution is 2.39. The Bertz CT molecular complexity index is 482. The van der Waals surface area contributed by atoms with Gasteiger partial charge in [0.2, 0.25) is 0 Å². The molecule has 0 spiro atoms. The second-order valence-corrected chi connectivity index (χ2v) is 5.62. The molecule has 0 atom stereocenters. The van der Waals surface area contributed by atoms with Crippen molar-refractivity contribution in [3.8, 4) is 10.7 Å². The number of aromatic nitrogens is 3. The number of nitrogens with two attached hydrogens (primary N) is 1. The molecule has 5 heteroatoms. The zero-order valence-corrected chi connectivity index (χ0v) is 10.5. The number of H-pyrrole nitrogens is 1. The summed E-state index contributed by atoms with van der Waals surface area (Å²) in [6, 6.07) is 4.06. The number of hydrogen-bond donors (Lipinski definition) is 2. The summed E-state index contributed by atoms with van der Waals surface area (Å²) in [7, 11) is 0. The SMILES string of the molecule is NCC1(c2nc(-c3cccs3)n[nH]2)CCCC1. The van der Waals surface area contributed by atoms with E-state index in [1.165, 1.54) is 12.8 Å². The van der Waals surface area contributed by atoms with Crippen molar-refractivity contribution in [3.63, 3.8) is 0 Å². The average Bonchev–Trinajstić information content (AvgIpc) is 3.10. The molecule has 0 aliphatic heterocycles. The van der Waals surface area contributed by atoms with E-state index in [2.05, 4.69) is 15.2 Å². The molecule has 1 fully saturated rings. The first-order chi connectivity index (χ1) is 8.34. The maximum Gasteiger partial charge on any atom is 0.191 e. The van der Waals surface area contributed by atoms with Crippen LogP contribution in [0.5, 0.6) is 0 Å². The molecule has 0 amide bonds. The Labute approximate surface area is 104 Å². The molecular formula is C12H16N4S. The zero-order valence-electron chi connectivity index (χ0n) is 9.65. The number of thiophene rings is 1. The monoisotopic (exact) mass is 248 g/mol. The largest absolute Gasteiger partial charge is 0.329 e. The van der Waals surface area contributed by atoms with Crippen molar-refractivity contribution in [2.24, 2.45) is 5.73 Å². The quantitative estimate of drug-likeness (QED) is 0.875. The molecule has 1 aliphatic carbocycles. The van der Waals surface area contributed by atoms with Crippen molar-refractivity contribution in [1.82, 2.24) is 15.2 Å². The average molecular weight is 248 g/mol. The van der Waals surface area contributed by atoms with Gasteiger partial charge in [-0.1, -0.05) is 18.9 Å². The van der Waals surface area contributed by atoms with Crippen LogP contribution < -0.4 is 5.73 Å². The molecular weight excluding hydrogens is 232 g/mol. The molecule has 4 nitrogen and oxygen atoms in total. The number of nitrogens with one attached hydrogen (secondary N) is 1. The Balaban J connectivity index is 1.94. The fourth-order valence-electron chi connectivity index (χ4n) is 2.60. The van der Waals surface area contributed by atoms with E-state index in [4.69, 9.17) is 5.73 Å². The standard InChI is InChI=1S/C12H16N4S/c13-8-12(5-1-2-6-12)11-14-10(15-16-11)9-4-3-7-17-9/h3-4,7H,1-2,5-6,8,13H2,(H,14,15,16). The van der Waals surface area contributed by atoms with Gasteiger partial charge in [0.05, 0.1) is 4.88 Å². The van der Waals surface area contributed by atoms with Crippen LogP contribution in [0.25, 0.3) is 10.7 Å². The van der Waals surface area contributed by atoms with Crippen LogP contribution in [-0.4, -0.2) is 21.7 Å². The third kappa shape index (κ3) is 1.79. The molecule has 17 heavy (non-hydrogen) atoms. The fraction of sp³-hybridized carbons (Fsp3) is 0.500. The van der Waals surface area contributed by atoms with Crippen LogP contribution in [0.15, 0.2) is 17.5 Å². The van der Waals surface area contributed by atoms with Gasteiger partial charge in [0.15, 0.2) is 5.82 Å². The van der Waals surface area contributed by atoms with Crippen LogP contribution >= 0.6 is 11.3 Å². The van der Waals surface area contributed by atoms with Gasteiger partial charge < -0.3 is 5.73 Å². The summed E-state index contributed by atoms with van der Waals surface area (Å²) in [4.78, 5) is 5.75. The Kier molecular flexibility index (Phi) is 2.72. The molecule has 2 aromatic heterocycles. The van der Waals surface area contributed by atoms with Gasteiger partial charge >= 0.3 is 0 Å². The van der Waals surface area contributed by atoms with E-state index < -0.39 is 0 Å². The van der Waals surface area contributed by atoms with Crippen LogP contribution in [0, 0.1) is 0 Å². The van der Waals surface area contributed by atoms with Gasteiger partial charge in [0.25, 0.3) is 0 Å². The second-order valence-electron chi connectivity index (χ2n) is 4.68. The lowest BCUT2D eigenvalue weighted by atomic mass is 9.85. The number of rotatable bonds is 3. The highest BCUT2D eigenvalue weighted by atomic mass is 32.1. The lowest BCUT2D eigenvalue weighted by Gasteiger charge is -2.23. The first kappa shape index (κ1) is 10.9. The van der Waals surface area contributed by atoms with E-state index in [0.29, 0.717) is 6.54 Å². The summed E-state index contributed by atoms with van der Waals surface area (Å²) < 4.78 is 0. The second kappa shape index (κ2) is 4.23. The van der Waals surface area contributed by atoms with Crippen molar-refractivity contribution in [1.29, 1.82) is 0 Å². The van der Waals surface area contributed by atoms with Crippen molar-refractivity contribution in [3.05, 3.63) is 23.3 Å². The molecule has 0 aromatic carbocycles. The first-order valence-corrected chi connectivity index (χ1v) is 6.89. The van der Waals surface area contributed by atoms with Gasteiger partial charge in [0.1, 0.15) is 5.82 Å². The molecule has 1 aliphatic rings. The van der Waals surface area contributed by atoms with E-state index in [-0.39, 0.29) is 5.41 Å². The van der Waals surface area contributed by atoms with Crippen LogP contribution in [0.3, 0.4) is 0 Å². The Morgan fingerprint density at radius 2 is 2.24 bits per heavy atom. The van der Waals surface area contributed by atoms with Gasteiger partial charge in [-0.25, -0.2) is 4.98 Å². The molecule has 0 radical (unpaired) electrons. The fourth-order valence-corrected chi connectivity index (χ4v) is 3.26. The smallest absolute Gasteiger partial charge is 0.191 e. The maximum absolute atomic E-state index is 5.94. The highest BCUT2D eigenvalue weighted by molar-refractivity contribution is 7.13. The summed E-state index contributed by atoms with van der Waals surface area (Å²) in [5.74, 6) is 1.77. The van der Waals surface area contributed by atoms with E-state index in [1.54, 1.807) is 11.3 Å². The summed E-state index contributed by atoms with van der Waals surface area (Å²) in [5, 5.41) is 9.45. The van der Waals surface area contributed by atoms with Crippen molar-refractivity contribution in [2.45, 2.75) is 31.1 Å². The normalized spacial score (nSPS) is 18.6. The topological polar surface area (TPSA) is 67.6 Å². The van der Waals surface area contributed by atoms with Crippen molar-refractivity contribution >= 4 is 11.3 Å². The molecule has 0 saturated heterocycles. The van der Waals surface area contributed by atoms with Crippen LogP contribution in [0.1, 0.15) is 31.5 Å². The third-order valence-electron chi connectivity index (χ3n) is 3.68. The molecule has 3 rings (SSSR count). The number of hydrogen-bond acceptors (Lipinski definition) is 4. The van der Waals surface area contributed by atoms with E-state index in [9.17, 15) is 0 Å². The number of nitrogens with zero attached hydrogens (tertiary/aromatic N) is 2. The Hall–Kier alpha value is -1.20. The summed E-state index contributed by atoms with van der Waals surface area (Å²) in [6.45, 7) is 0.659. The van der Waals surface area contributed by atoms with Crippen LogP contribution in [-0.2, 0) is 5.41 Å². The van der Waals surface area contributed by atoms with Crippen LogP contribution in [0.4, 0.5) is 0 Å². The predicted octanol–water partition coefficient (Wildman–Crippen LogP) is 2.30. The Morgan fingerprint density at radius 1 is 1.41 bits per heavy atom. The van der Waals surface area contributed by atoms with Gasteiger partial charge in [-0.2, -0.15) is 5.10 Å². The van der Waals surface area contributed by atoms with E-state index in [1.807, 2.05) is 17.5 Å². The molecule has 3 N–H and O–H groups in total. The van der Waals surface area contributed by atoms with Crippen molar-refractivity contribution < 1.29 is 0 Å². The third-order valence-corrected chi connectivity index (χ3v) is 4.55. The van der Waals surface area contributed by atoms with E-state index >= 15 is 0 Å². The summed E-state index contributed by atoms with van der Waals surface area (Å²) >= 11 is 1.66. The minimum Gasteiger partial charge on any atom is -0.329 e.